The number of hydrogen-bond donors (Lipinski definition) is 2. The number of halogens is 4. The van der Waals surface area contributed by atoms with Crippen molar-refractivity contribution in [2.24, 2.45) is 0 Å². The molecule has 0 bridgehead atoms. The smallest absolute Gasteiger partial charge is 0.237 e. The van der Waals surface area contributed by atoms with Gasteiger partial charge in [0.15, 0.2) is 0 Å². The number of pyridine rings is 1. The minimum Gasteiger partial charge on any atom is -0.351 e. The summed E-state index contributed by atoms with van der Waals surface area (Å²) in [5, 5.41) is 6.32. The molecule has 1 aliphatic heterocycles. The van der Waals surface area contributed by atoms with Crippen LogP contribution >= 0.6 is 46.6 Å². The number of alkyl halides is 1. The maximum Gasteiger partial charge on any atom is 0.237 e. The maximum atomic E-state index is 13.5. The molecule has 3 atom stereocenters. The molecule has 2 heterocycles. The molecule has 2 aliphatic rings. The highest BCUT2D eigenvalue weighted by Crippen LogP contribution is 2.42. The van der Waals surface area contributed by atoms with Gasteiger partial charge in [-0.1, -0.05) is 11.6 Å². The second-order valence-corrected chi connectivity index (χ2v) is 7.52. The normalized spacial score (nSPS) is 26.7. The Kier molecular flexibility index (Phi) is 6.49. The molecule has 0 spiro atoms. The van der Waals surface area contributed by atoms with Crippen molar-refractivity contribution in [1.82, 2.24) is 15.6 Å². The van der Waals surface area contributed by atoms with E-state index in [1.807, 2.05) is 0 Å². The van der Waals surface area contributed by atoms with Crippen molar-refractivity contribution < 1.29 is 9.18 Å². The Hall–Kier alpha value is -0.180. The fraction of sp³-hybridized carbons (Fsp3) is 0.600. The number of carbonyl (C=O) groups is 1. The lowest BCUT2D eigenvalue weighted by atomic mass is 10.1. The van der Waals surface area contributed by atoms with Gasteiger partial charge in [0.1, 0.15) is 11.3 Å². The van der Waals surface area contributed by atoms with E-state index in [1.165, 1.54) is 0 Å². The first-order valence-electron chi connectivity index (χ1n) is 7.48. The molecule has 0 radical (unpaired) electrons. The minimum absolute atomic E-state index is 0. The highest BCUT2D eigenvalue weighted by atomic mass is 127. The lowest BCUT2D eigenvalue weighted by Crippen LogP contribution is -2.42. The molecule has 1 saturated heterocycles. The van der Waals surface area contributed by atoms with Crippen LogP contribution in [0.3, 0.4) is 0 Å². The van der Waals surface area contributed by atoms with E-state index in [4.69, 9.17) is 11.6 Å². The van der Waals surface area contributed by atoms with Crippen molar-refractivity contribution in [3.05, 3.63) is 26.0 Å². The average molecular weight is 474 g/mol. The second-order valence-electron chi connectivity index (χ2n) is 6.06. The first-order chi connectivity index (χ1) is 10.5. The Balaban J connectivity index is 0.00000192. The molecule has 128 valence electrons. The number of amides is 1. The van der Waals surface area contributed by atoms with E-state index in [0.29, 0.717) is 17.6 Å². The van der Waals surface area contributed by atoms with Crippen LogP contribution in [0.1, 0.15) is 43.4 Å². The summed E-state index contributed by atoms with van der Waals surface area (Å²) < 4.78 is 14.6. The van der Waals surface area contributed by atoms with Crippen LogP contribution in [-0.4, -0.2) is 29.1 Å². The van der Waals surface area contributed by atoms with E-state index in [9.17, 15) is 9.18 Å². The molecule has 4 nitrogen and oxygen atoms in total. The van der Waals surface area contributed by atoms with Gasteiger partial charge in [0.05, 0.1) is 11.7 Å². The lowest BCUT2D eigenvalue weighted by molar-refractivity contribution is -0.123. The number of carbonyl (C=O) groups excluding carboxylic acids is 1. The molecule has 3 unspecified atom stereocenters. The van der Waals surface area contributed by atoms with E-state index >= 15 is 0 Å². The van der Waals surface area contributed by atoms with Crippen molar-refractivity contribution in [1.29, 1.82) is 0 Å². The zero-order chi connectivity index (χ0) is 15.9. The number of aromatic nitrogens is 1. The molecule has 1 saturated carbocycles. The highest BCUT2D eigenvalue weighted by molar-refractivity contribution is 14.1. The lowest BCUT2D eigenvalue weighted by Gasteiger charge is -2.14. The Morgan fingerprint density at radius 1 is 1.57 bits per heavy atom. The first-order valence-corrected chi connectivity index (χ1v) is 8.94. The molecule has 1 aliphatic carbocycles. The third kappa shape index (κ3) is 4.46. The van der Waals surface area contributed by atoms with Crippen LogP contribution in [0.2, 0.25) is 5.15 Å². The van der Waals surface area contributed by atoms with Gasteiger partial charge >= 0.3 is 0 Å². The predicted octanol–water partition coefficient (Wildman–Crippen LogP) is 3.34. The molecule has 3 rings (SSSR count). The van der Waals surface area contributed by atoms with Gasteiger partial charge in [-0.3, -0.25) is 4.79 Å². The van der Waals surface area contributed by atoms with E-state index in [-0.39, 0.29) is 30.8 Å². The molecule has 2 fully saturated rings. The van der Waals surface area contributed by atoms with Crippen LogP contribution in [-0.2, 0) is 11.3 Å². The molecule has 2 N–H and O–H groups in total. The molecule has 23 heavy (non-hydrogen) atoms. The van der Waals surface area contributed by atoms with Crippen LogP contribution < -0.4 is 10.6 Å². The molecule has 1 aromatic heterocycles. The third-order valence-electron chi connectivity index (χ3n) is 4.23. The van der Waals surface area contributed by atoms with Crippen molar-refractivity contribution in [2.75, 3.05) is 0 Å². The summed E-state index contributed by atoms with van der Waals surface area (Å²) in [7, 11) is 0. The van der Waals surface area contributed by atoms with Gasteiger partial charge in [0.25, 0.3) is 0 Å². The van der Waals surface area contributed by atoms with Crippen LogP contribution in [0.4, 0.5) is 4.39 Å². The summed E-state index contributed by atoms with van der Waals surface area (Å²) in [6, 6.07) is 1.06. The predicted molar refractivity (Wildman–Crippen MR) is 98.9 cm³/mol. The summed E-state index contributed by atoms with van der Waals surface area (Å²) in [5.74, 6) is 0.341. The third-order valence-corrected chi connectivity index (χ3v) is 5.67. The van der Waals surface area contributed by atoms with Crippen LogP contribution in [0.15, 0.2) is 6.07 Å². The molecule has 1 amide bonds. The average Bonchev–Trinajstić information content (AvgIpc) is 3.26. The van der Waals surface area contributed by atoms with Gasteiger partial charge in [-0.2, -0.15) is 0 Å². The fourth-order valence-electron chi connectivity index (χ4n) is 2.73. The summed E-state index contributed by atoms with van der Waals surface area (Å²) in [5.41, 5.74) is 2.01. The Morgan fingerprint density at radius 2 is 2.26 bits per heavy atom. The van der Waals surface area contributed by atoms with E-state index in [0.717, 1.165) is 27.7 Å². The number of hydrogen-bond acceptors (Lipinski definition) is 3. The van der Waals surface area contributed by atoms with Gasteiger partial charge in [-0.25, -0.2) is 9.37 Å². The SMILES string of the molecule is CC1NC(C(=O)NCc2cc(Cl)nc(C3CC3)c2I)CC1F.Cl. The van der Waals surface area contributed by atoms with Crippen molar-refractivity contribution in [3.8, 4) is 0 Å². The Bertz CT molecular complexity index is 590. The standard InChI is InChI=1S/C15H18ClFIN3O.ClH/c1-7-10(17)5-11(20-7)15(22)19-6-9-4-12(16)21-14(13(9)18)8-2-3-8;/h4,7-8,10-11,20H,2-3,5-6H2,1H3,(H,19,22);1H. The minimum atomic E-state index is -0.965. The van der Waals surface area contributed by atoms with Crippen molar-refractivity contribution in [2.45, 2.75) is 56.9 Å². The van der Waals surface area contributed by atoms with Crippen LogP contribution in [0.25, 0.3) is 0 Å². The highest BCUT2D eigenvalue weighted by Gasteiger charge is 2.35. The molecule has 1 aromatic rings. The molecular weight excluding hydrogens is 455 g/mol. The number of nitrogens with one attached hydrogen (secondary N) is 2. The van der Waals surface area contributed by atoms with E-state index < -0.39 is 12.2 Å². The Morgan fingerprint density at radius 3 is 2.83 bits per heavy atom. The van der Waals surface area contributed by atoms with E-state index in [1.54, 1.807) is 13.0 Å². The van der Waals surface area contributed by atoms with Crippen molar-refractivity contribution in [3.63, 3.8) is 0 Å². The van der Waals surface area contributed by atoms with Crippen LogP contribution in [0.5, 0.6) is 0 Å². The topological polar surface area (TPSA) is 54.0 Å². The summed E-state index contributed by atoms with van der Waals surface area (Å²) >= 11 is 8.35. The monoisotopic (exact) mass is 473 g/mol. The van der Waals surface area contributed by atoms with Gasteiger partial charge in [-0.15, -0.1) is 12.4 Å². The molecule has 0 aromatic carbocycles. The van der Waals surface area contributed by atoms with E-state index in [2.05, 4.69) is 38.2 Å². The zero-order valence-electron chi connectivity index (χ0n) is 12.6. The number of nitrogens with zero attached hydrogens (tertiary/aromatic N) is 1. The molecule has 8 heteroatoms. The van der Waals surface area contributed by atoms with Crippen molar-refractivity contribution >= 4 is 52.5 Å². The summed E-state index contributed by atoms with van der Waals surface area (Å²) in [6.07, 6.45) is 1.57. The van der Waals surface area contributed by atoms with Gasteiger partial charge in [0, 0.05) is 28.5 Å². The largest absolute Gasteiger partial charge is 0.351 e. The Labute approximate surface area is 159 Å². The summed E-state index contributed by atoms with van der Waals surface area (Å²) in [4.78, 5) is 16.5. The van der Waals surface area contributed by atoms with Gasteiger partial charge in [0.2, 0.25) is 5.91 Å². The first kappa shape index (κ1) is 19.1. The quantitative estimate of drug-likeness (QED) is 0.520. The number of rotatable bonds is 4. The molecular formula is C15H19Cl2FIN3O. The van der Waals surface area contributed by atoms with Gasteiger partial charge in [-0.05, 0) is 54.0 Å². The zero-order valence-corrected chi connectivity index (χ0v) is 16.3. The maximum absolute atomic E-state index is 13.5. The van der Waals surface area contributed by atoms with Gasteiger partial charge < -0.3 is 10.6 Å². The second kappa shape index (κ2) is 7.80. The van der Waals surface area contributed by atoms with Crippen LogP contribution in [0, 0.1) is 3.57 Å². The summed E-state index contributed by atoms with van der Waals surface area (Å²) in [6.45, 7) is 2.15. The fourth-order valence-corrected chi connectivity index (χ4v) is 3.86.